The van der Waals surface area contributed by atoms with E-state index in [9.17, 15) is 13.2 Å². The van der Waals surface area contributed by atoms with Crippen LogP contribution in [-0.4, -0.2) is 51.3 Å². The standard InChI is InChI=1S/C16H25N3O3S/c1-23(21,22)18-13-15-9-5-6-12-19(15)16(20)17-11-10-14-7-3-2-4-8-14/h2-4,7-8,15,18H,5-6,9-13H2,1H3,(H,17,20). The van der Waals surface area contributed by atoms with Crippen molar-refractivity contribution < 1.29 is 13.2 Å². The molecular weight excluding hydrogens is 314 g/mol. The summed E-state index contributed by atoms with van der Waals surface area (Å²) in [5.41, 5.74) is 1.18. The quantitative estimate of drug-likeness (QED) is 0.821. The van der Waals surface area contributed by atoms with Gasteiger partial charge in [-0.05, 0) is 31.2 Å². The molecule has 1 aromatic rings. The molecule has 1 heterocycles. The molecule has 2 N–H and O–H groups in total. The number of sulfonamides is 1. The van der Waals surface area contributed by atoms with Crippen LogP contribution in [0.1, 0.15) is 24.8 Å². The van der Waals surface area contributed by atoms with Crippen LogP contribution in [0.15, 0.2) is 30.3 Å². The van der Waals surface area contributed by atoms with Crippen molar-refractivity contribution in [3.8, 4) is 0 Å². The zero-order valence-electron chi connectivity index (χ0n) is 13.5. The number of nitrogens with zero attached hydrogens (tertiary/aromatic N) is 1. The van der Waals surface area contributed by atoms with E-state index in [1.807, 2.05) is 30.3 Å². The maximum absolute atomic E-state index is 12.4. The molecule has 1 aromatic carbocycles. The van der Waals surface area contributed by atoms with Gasteiger partial charge in [0, 0.05) is 25.7 Å². The summed E-state index contributed by atoms with van der Waals surface area (Å²) in [6.45, 7) is 1.53. The average Bonchev–Trinajstić information content (AvgIpc) is 2.53. The van der Waals surface area contributed by atoms with E-state index in [2.05, 4.69) is 10.0 Å². The lowest BCUT2D eigenvalue weighted by Gasteiger charge is -2.35. The second-order valence-electron chi connectivity index (χ2n) is 5.93. The van der Waals surface area contributed by atoms with Gasteiger partial charge in [-0.15, -0.1) is 0 Å². The van der Waals surface area contributed by atoms with Crippen molar-refractivity contribution in [2.75, 3.05) is 25.9 Å². The average molecular weight is 339 g/mol. The number of nitrogens with one attached hydrogen (secondary N) is 2. The highest BCUT2D eigenvalue weighted by Gasteiger charge is 2.26. The summed E-state index contributed by atoms with van der Waals surface area (Å²) in [7, 11) is -3.23. The topological polar surface area (TPSA) is 78.5 Å². The summed E-state index contributed by atoms with van der Waals surface area (Å²) < 4.78 is 25.0. The van der Waals surface area contributed by atoms with Gasteiger partial charge in [0.25, 0.3) is 0 Å². The molecule has 128 valence electrons. The molecule has 1 atom stereocenters. The molecule has 7 heteroatoms. The SMILES string of the molecule is CS(=O)(=O)NCC1CCCCN1C(=O)NCCc1ccccc1. The van der Waals surface area contributed by atoms with Crippen LogP contribution in [0.3, 0.4) is 0 Å². The van der Waals surface area contributed by atoms with E-state index in [-0.39, 0.29) is 18.6 Å². The number of piperidine rings is 1. The van der Waals surface area contributed by atoms with Gasteiger partial charge in [0.15, 0.2) is 0 Å². The van der Waals surface area contributed by atoms with Gasteiger partial charge < -0.3 is 10.2 Å². The fourth-order valence-electron chi connectivity index (χ4n) is 2.79. The van der Waals surface area contributed by atoms with E-state index in [1.54, 1.807) is 4.90 Å². The van der Waals surface area contributed by atoms with Crippen molar-refractivity contribution in [1.29, 1.82) is 0 Å². The lowest BCUT2D eigenvalue weighted by atomic mass is 10.0. The smallest absolute Gasteiger partial charge is 0.317 e. The number of hydrogen-bond acceptors (Lipinski definition) is 3. The molecule has 0 saturated carbocycles. The Morgan fingerprint density at radius 1 is 1.26 bits per heavy atom. The van der Waals surface area contributed by atoms with Gasteiger partial charge in [-0.3, -0.25) is 0 Å². The predicted octanol–water partition coefficient (Wildman–Crippen LogP) is 1.34. The minimum atomic E-state index is -3.23. The van der Waals surface area contributed by atoms with Crippen LogP contribution in [-0.2, 0) is 16.4 Å². The highest BCUT2D eigenvalue weighted by molar-refractivity contribution is 7.88. The molecule has 0 aromatic heterocycles. The summed E-state index contributed by atoms with van der Waals surface area (Å²) in [5, 5.41) is 2.94. The van der Waals surface area contributed by atoms with Gasteiger partial charge in [-0.1, -0.05) is 30.3 Å². The third kappa shape index (κ3) is 6.19. The van der Waals surface area contributed by atoms with Crippen LogP contribution >= 0.6 is 0 Å². The van der Waals surface area contributed by atoms with Gasteiger partial charge >= 0.3 is 6.03 Å². The van der Waals surface area contributed by atoms with E-state index in [0.29, 0.717) is 13.1 Å². The lowest BCUT2D eigenvalue weighted by molar-refractivity contribution is 0.152. The number of hydrogen-bond donors (Lipinski definition) is 2. The highest BCUT2D eigenvalue weighted by Crippen LogP contribution is 2.16. The van der Waals surface area contributed by atoms with Crippen molar-refractivity contribution in [2.24, 2.45) is 0 Å². The first-order valence-corrected chi connectivity index (χ1v) is 9.88. The third-order valence-corrected chi connectivity index (χ3v) is 4.69. The first-order valence-electron chi connectivity index (χ1n) is 7.99. The number of urea groups is 1. The molecule has 1 saturated heterocycles. The summed E-state index contributed by atoms with van der Waals surface area (Å²) >= 11 is 0. The molecular formula is C16H25N3O3S. The van der Waals surface area contributed by atoms with Crippen LogP contribution < -0.4 is 10.0 Å². The van der Waals surface area contributed by atoms with Gasteiger partial charge in [0.2, 0.25) is 10.0 Å². The third-order valence-electron chi connectivity index (χ3n) is 4.00. The van der Waals surface area contributed by atoms with Crippen LogP contribution in [0.4, 0.5) is 4.79 Å². The maximum Gasteiger partial charge on any atom is 0.317 e. The molecule has 1 fully saturated rings. The first kappa shape index (κ1) is 17.7. The van der Waals surface area contributed by atoms with Crippen molar-refractivity contribution in [3.63, 3.8) is 0 Å². The zero-order valence-corrected chi connectivity index (χ0v) is 14.3. The van der Waals surface area contributed by atoms with Crippen molar-refractivity contribution >= 4 is 16.1 Å². The molecule has 1 aliphatic heterocycles. The molecule has 1 unspecified atom stereocenters. The minimum absolute atomic E-state index is 0.0739. The predicted molar refractivity (Wildman–Crippen MR) is 90.7 cm³/mol. The fourth-order valence-corrected chi connectivity index (χ4v) is 3.28. The Labute approximate surface area is 138 Å². The van der Waals surface area contributed by atoms with Gasteiger partial charge in [-0.2, -0.15) is 0 Å². The minimum Gasteiger partial charge on any atom is -0.338 e. The zero-order chi connectivity index (χ0) is 16.7. The Balaban J connectivity index is 1.82. The molecule has 0 aliphatic carbocycles. The highest BCUT2D eigenvalue weighted by atomic mass is 32.2. The molecule has 2 amide bonds. The second-order valence-corrected chi connectivity index (χ2v) is 7.76. The van der Waals surface area contributed by atoms with E-state index in [1.165, 1.54) is 5.56 Å². The summed E-state index contributed by atoms with van der Waals surface area (Å²) in [6.07, 6.45) is 4.73. The molecule has 0 bridgehead atoms. The van der Waals surface area contributed by atoms with Crippen molar-refractivity contribution in [3.05, 3.63) is 35.9 Å². The van der Waals surface area contributed by atoms with Crippen LogP contribution in [0.25, 0.3) is 0 Å². The molecule has 23 heavy (non-hydrogen) atoms. The first-order chi connectivity index (χ1) is 11.0. The number of carbonyl (C=O) groups excluding carboxylic acids is 1. The number of rotatable bonds is 6. The number of amides is 2. The Hall–Kier alpha value is -1.60. The Morgan fingerprint density at radius 2 is 2.00 bits per heavy atom. The maximum atomic E-state index is 12.4. The van der Waals surface area contributed by atoms with Crippen LogP contribution in [0.2, 0.25) is 0 Å². The largest absolute Gasteiger partial charge is 0.338 e. The summed E-state index contributed by atoms with van der Waals surface area (Å²) in [4.78, 5) is 14.1. The van der Waals surface area contributed by atoms with Crippen LogP contribution in [0.5, 0.6) is 0 Å². The van der Waals surface area contributed by atoms with Gasteiger partial charge in [0.1, 0.15) is 0 Å². The summed E-state index contributed by atoms with van der Waals surface area (Å²) in [5.74, 6) is 0. The molecule has 0 radical (unpaired) electrons. The van der Waals surface area contributed by atoms with Crippen molar-refractivity contribution in [1.82, 2.24) is 14.9 Å². The van der Waals surface area contributed by atoms with Crippen molar-refractivity contribution in [2.45, 2.75) is 31.7 Å². The Bertz CT molecular complexity index is 604. The number of likely N-dealkylation sites (tertiary alicyclic amines) is 1. The molecule has 6 nitrogen and oxygen atoms in total. The van der Waals surface area contributed by atoms with E-state index in [0.717, 1.165) is 31.9 Å². The Kier molecular flexibility index (Phi) is 6.41. The molecule has 0 spiro atoms. The number of benzene rings is 1. The monoisotopic (exact) mass is 339 g/mol. The fraction of sp³-hybridized carbons (Fsp3) is 0.562. The van der Waals surface area contributed by atoms with Crippen LogP contribution in [0, 0.1) is 0 Å². The normalized spacial score (nSPS) is 18.7. The summed E-state index contributed by atoms with van der Waals surface area (Å²) in [6, 6.07) is 9.81. The second kappa shape index (κ2) is 8.31. The molecule has 2 rings (SSSR count). The Morgan fingerprint density at radius 3 is 2.70 bits per heavy atom. The van der Waals surface area contributed by atoms with Gasteiger partial charge in [0.05, 0.1) is 6.26 Å². The van der Waals surface area contributed by atoms with E-state index in [4.69, 9.17) is 0 Å². The number of carbonyl (C=O) groups is 1. The van der Waals surface area contributed by atoms with E-state index >= 15 is 0 Å². The van der Waals surface area contributed by atoms with E-state index < -0.39 is 10.0 Å². The molecule has 1 aliphatic rings. The lowest BCUT2D eigenvalue weighted by Crippen LogP contribution is -2.52. The van der Waals surface area contributed by atoms with Gasteiger partial charge in [-0.25, -0.2) is 17.9 Å².